The van der Waals surface area contributed by atoms with Crippen molar-refractivity contribution in [1.29, 1.82) is 5.26 Å². The summed E-state index contributed by atoms with van der Waals surface area (Å²) in [5, 5.41) is 11.6. The van der Waals surface area contributed by atoms with Gasteiger partial charge in [0.2, 0.25) is 0 Å². The molecule has 0 bridgehead atoms. The third-order valence-electron chi connectivity index (χ3n) is 3.53. The Hall–Kier alpha value is -2.33. The van der Waals surface area contributed by atoms with E-state index in [4.69, 9.17) is 0 Å². The van der Waals surface area contributed by atoms with Crippen molar-refractivity contribution in [3.8, 4) is 6.07 Å². The molecule has 1 nitrogen and oxygen atoms in total. The Morgan fingerprint density at radius 1 is 1.11 bits per heavy atom. The van der Waals surface area contributed by atoms with Crippen LogP contribution in [0.2, 0.25) is 0 Å². The molecule has 1 aliphatic rings. The topological polar surface area (TPSA) is 23.8 Å². The van der Waals surface area contributed by atoms with Crippen LogP contribution in [0.15, 0.2) is 54.1 Å². The molecule has 86 valence electrons. The van der Waals surface area contributed by atoms with Crippen molar-refractivity contribution in [2.75, 3.05) is 0 Å². The summed E-state index contributed by atoms with van der Waals surface area (Å²) in [4.78, 5) is 0. The molecule has 2 aromatic carbocycles. The highest BCUT2D eigenvalue weighted by atomic mass is 14.3. The fraction of sp³-hybridized carbons (Fsp3) is 0.118. The first-order valence-corrected chi connectivity index (χ1v) is 6.10. The summed E-state index contributed by atoms with van der Waals surface area (Å²) in [6.07, 6.45) is 5.21. The monoisotopic (exact) mass is 231 g/mol. The van der Waals surface area contributed by atoms with Crippen LogP contribution in [0.25, 0.3) is 16.3 Å². The lowest BCUT2D eigenvalue weighted by Gasteiger charge is -2.10. The quantitative estimate of drug-likeness (QED) is 0.711. The lowest BCUT2D eigenvalue weighted by molar-refractivity contribution is 1.39. The first-order chi connectivity index (χ1) is 8.81. The highest BCUT2D eigenvalue weighted by Crippen LogP contribution is 2.33. The van der Waals surface area contributed by atoms with Gasteiger partial charge in [-0.3, -0.25) is 0 Å². The summed E-state index contributed by atoms with van der Waals surface area (Å²) >= 11 is 0. The molecule has 0 spiro atoms. The Balaban J connectivity index is 2.32. The van der Waals surface area contributed by atoms with Gasteiger partial charge >= 0.3 is 0 Å². The van der Waals surface area contributed by atoms with Gasteiger partial charge in [0.05, 0.1) is 5.56 Å². The second-order valence-electron chi connectivity index (χ2n) is 4.59. The minimum absolute atomic E-state index is 0.797. The third-order valence-corrected chi connectivity index (χ3v) is 3.53. The van der Waals surface area contributed by atoms with E-state index >= 15 is 0 Å². The number of hydrogen-bond donors (Lipinski definition) is 0. The van der Waals surface area contributed by atoms with Crippen molar-refractivity contribution in [1.82, 2.24) is 0 Å². The van der Waals surface area contributed by atoms with Crippen LogP contribution in [0.5, 0.6) is 0 Å². The molecular formula is C17H13N. The first-order valence-electron chi connectivity index (χ1n) is 6.10. The van der Waals surface area contributed by atoms with Crippen LogP contribution in [0.4, 0.5) is 0 Å². The molecule has 1 aliphatic carbocycles. The van der Waals surface area contributed by atoms with Crippen LogP contribution < -0.4 is 0 Å². The lowest BCUT2D eigenvalue weighted by Crippen LogP contribution is -1.91. The normalized spacial score (nSPS) is 14.2. The fourth-order valence-corrected chi connectivity index (χ4v) is 2.58. The number of allylic oxidation sites excluding steroid dienone is 4. The minimum Gasteiger partial charge on any atom is -0.192 e. The Kier molecular flexibility index (Phi) is 2.50. The average Bonchev–Trinajstić information content (AvgIpc) is 2.83. The number of hydrogen-bond acceptors (Lipinski definition) is 1. The summed E-state index contributed by atoms with van der Waals surface area (Å²) in [5.41, 5.74) is 4.42. The summed E-state index contributed by atoms with van der Waals surface area (Å²) < 4.78 is 0. The predicted octanol–water partition coefficient (Wildman–Crippen LogP) is 4.44. The number of nitriles is 1. The van der Waals surface area contributed by atoms with E-state index < -0.39 is 0 Å². The van der Waals surface area contributed by atoms with Gasteiger partial charge in [0.1, 0.15) is 6.07 Å². The molecule has 0 fully saturated rings. The average molecular weight is 231 g/mol. The van der Waals surface area contributed by atoms with Crippen LogP contribution in [0, 0.1) is 11.3 Å². The van der Waals surface area contributed by atoms with Crippen molar-refractivity contribution in [3.63, 3.8) is 0 Å². The molecule has 0 unspecified atom stereocenters. The van der Waals surface area contributed by atoms with Crippen LogP contribution in [0.1, 0.15) is 24.5 Å². The number of fused-ring (bicyclic) bond motifs is 1. The van der Waals surface area contributed by atoms with E-state index in [1.54, 1.807) is 0 Å². The SMILES string of the molecule is CC1=C(c2ccc3ccccc3c2C#N)CC=C1. The molecule has 0 saturated carbocycles. The zero-order valence-corrected chi connectivity index (χ0v) is 10.3. The Morgan fingerprint density at radius 3 is 2.67 bits per heavy atom. The molecule has 3 rings (SSSR count). The van der Waals surface area contributed by atoms with E-state index in [1.165, 1.54) is 11.1 Å². The van der Waals surface area contributed by atoms with Gasteiger partial charge in [-0.1, -0.05) is 48.6 Å². The fourth-order valence-electron chi connectivity index (χ4n) is 2.58. The van der Waals surface area contributed by atoms with Gasteiger partial charge in [-0.15, -0.1) is 0 Å². The van der Waals surface area contributed by atoms with Gasteiger partial charge in [-0.25, -0.2) is 0 Å². The smallest absolute Gasteiger partial charge is 0.100 e. The molecule has 0 saturated heterocycles. The number of rotatable bonds is 1. The van der Waals surface area contributed by atoms with Gasteiger partial charge < -0.3 is 0 Å². The maximum absolute atomic E-state index is 9.47. The highest BCUT2D eigenvalue weighted by molar-refractivity contribution is 5.93. The molecule has 18 heavy (non-hydrogen) atoms. The van der Waals surface area contributed by atoms with Crippen LogP contribution in [0.3, 0.4) is 0 Å². The van der Waals surface area contributed by atoms with Crippen molar-refractivity contribution in [2.24, 2.45) is 0 Å². The number of nitrogens with zero attached hydrogens (tertiary/aromatic N) is 1. The Bertz CT molecular complexity index is 727. The van der Waals surface area contributed by atoms with Gasteiger partial charge in [-0.05, 0) is 35.4 Å². The molecule has 0 aromatic heterocycles. The minimum atomic E-state index is 0.797. The van der Waals surface area contributed by atoms with Crippen molar-refractivity contribution in [2.45, 2.75) is 13.3 Å². The molecule has 0 N–H and O–H groups in total. The van der Waals surface area contributed by atoms with Gasteiger partial charge in [0.15, 0.2) is 0 Å². The van der Waals surface area contributed by atoms with Crippen LogP contribution in [-0.4, -0.2) is 0 Å². The van der Waals surface area contributed by atoms with Crippen molar-refractivity contribution < 1.29 is 0 Å². The van der Waals surface area contributed by atoms with Crippen LogP contribution >= 0.6 is 0 Å². The van der Waals surface area contributed by atoms with E-state index in [0.29, 0.717) is 0 Å². The molecule has 0 heterocycles. The van der Waals surface area contributed by atoms with Gasteiger partial charge in [0.25, 0.3) is 0 Å². The van der Waals surface area contributed by atoms with Gasteiger partial charge in [0, 0.05) is 5.39 Å². The van der Waals surface area contributed by atoms with Gasteiger partial charge in [-0.2, -0.15) is 5.26 Å². The first kappa shape index (κ1) is 10.8. The largest absolute Gasteiger partial charge is 0.192 e. The van der Waals surface area contributed by atoms with Crippen molar-refractivity contribution >= 4 is 16.3 Å². The van der Waals surface area contributed by atoms with E-state index in [9.17, 15) is 5.26 Å². The molecule has 2 aromatic rings. The molecule has 0 atom stereocenters. The molecule has 0 radical (unpaired) electrons. The van der Waals surface area contributed by atoms with E-state index in [0.717, 1.165) is 28.3 Å². The Morgan fingerprint density at radius 2 is 1.94 bits per heavy atom. The lowest BCUT2D eigenvalue weighted by atomic mass is 9.93. The highest BCUT2D eigenvalue weighted by Gasteiger charge is 2.14. The summed E-state index contributed by atoms with van der Waals surface area (Å²) in [6, 6.07) is 14.6. The maximum Gasteiger partial charge on any atom is 0.100 e. The zero-order valence-electron chi connectivity index (χ0n) is 10.3. The Labute approximate surface area is 107 Å². The molecule has 1 heteroatoms. The van der Waals surface area contributed by atoms with E-state index in [1.807, 2.05) is 24.3 Å². The maximum atomic E-state index is 9.47. The summed E-state index contributed by atoms with van der Waals surface area (Å²) in [7, 11) is 0. The van der Waals surface area contributed by atoms with E-state index in [-0.39, 0.29) is 0 Å². The molecule has 0 aliphatic heterocycles. The molecule has 0 amide bonds. The molecular weight excluding hydrogens is 218 g/mol. The van der Waals surface area contributed by atoms with E-state index in [2.05, 4.69) is 37.3 Å². The summed E-state index contributed by atoms with van der Waals surface area (Å²) in [5.74, 6) is 0. The number of benzene rings is 2. The predicted molar refractivity (Wildman–Crippen MR) is 75.0 cm³/mol. The third kappa shape index (κ3) is 1.55. The summed E-state index contributed by atoms with van der Waals surface area (Å²) in [6.45, 7) is 2.11. The zero-order chi connectivity index (χ0) is 12.5. The van der Waals surface area contributed by atoms with Crippen molar-refractivity contribution in [3.05, 3.63) is 65.3 Å². The standard InChI is InChI=1S/C17H13N/c1-12-5-4-8-14(12)16-10-9-13-6-2-3-7-15(13)17(16)11-18/h2-7,9-10H,8H2,1H3. The second kappa shape index (κ2) is 4.16. The second-order valence-corrected chi connectivity index (χ2v) is 4.59. The van der Waals surface area contributed by atoms with Crippen LogP contribution in [-0.2, 0) is 0 Å².